The number of benzene rings is 3. The number of hydrogen-bond donors (Lipinski definition) is 2. The van der Waals surface area contributed by atoms with Crippen molar-refractivity contribution in [3.63, 3.8) is 0 Å². The third kappa shape index (κ3) is 4.17. The summed E-state index contributed by atoms with van der Waals surface area (Å²) in [4.78, 5) is 20.3. The summed E-state index contributed by atoms with van der Waals surface area (Å²) in [5.74, 6) is 2.06. The van der Waals surface area contributed by atoms with E-state index < -0.39 is 0 Å². The van der Waals surface area contributed by atoms with Crippen molar-refractivity contribution < 1.29 is 9.21 Å². The second kappa shape index (κ2) is 8.77. The first-order valence-corrected chi connectivity index (χ1v) is 12.0. The Morgan fingerprint density at radius 1 is 1.03 bits per heavy atom. The average molecular weight is 481 g/mol. The predicted octanol–water partition coefficient (Wildman–Crippen LogP) is 5.60. The highest BCUT2D eigenvalue weighted by Crippen LogP contribution is 2.31. The Morgan fingerprint density at radius 3 is 2.71 bits per heavy atom. The maximum Gasteiger partial charge on any atom is 0.234 e. The van der Waals surface area contributed by atoms with Crippen LogP contribution in [0.1, 0.15) is 5.82 Å². The Kier molecular flexibility index (Phi) is 5.31. The number of anilines is 1. The Hall–Kier alpha value is -4.37. The summed E-state index contributed by atoms with van der Waals surface area (Å²) in [6.45, 7) is 1.90. The molecule has 3 aromatic carbocycles. The molecule has 0 unspecified atom stereocenters. The van der Waals surface area contributed by atoms with E-state index in [0.717, 1.165) is 33.5 Å². The van der Waals surface area contributed by atoms with Gasteiger partial charge in [-0.05, 0) is 49.4 Å². The number of rotatable bonds is 6. The summed E-state index contributed by atoms with van der Waals surface area (Å²) in [6.07, 6.45) is 0. The summed E-state index contributed by atoms with van der Waals surface area (Å²) in [6, 6.07) is 25.2. The number of furan rings is 1. The fourth-order valence-corrected chi connectivity index (χ4v) is 4.72. The van der Waals surface area contributed by atoms with Gasteiger partial charge < -0.3 is 14.7 Å². The van der Waals surface area contributed by atoms with Gasteiger partial charge in [0.2, 0.25) is 11.7 Å². The number of thioether (sulfide) groups is 1. The minimum atomic E-state index is -0.140. The van der Waals surface area contributed by atoms with Gasteiger partial charge in [-0.15, -0.1) is 10.2 Å². The highest BCUT2D eigenvalue weighted by Gasteiger charge is 2.20. The van der Waals surface area contributed by atoms with E-state index >= 15 is 0 Å². The number of hydrogen-bond acceptors (Lipinski definition) is 6. The first-order chi connectivity index (χ1) is 17.1. The van der Waals surface area contributed by atoms with Crippen LogP contribution in [0.5, 0.6) is 0 Å². The molecule has 6 aromatic rings. The number of H-pyrrole nitrogens is 1. The number of para-hydroxylation sites is 2. The molecule has 0 atom stereocenters. The molecule has 172 valence electrons. The van der Waals surface area contributed by atoms with Gasteiger partial charge in [0.05, 0.1) is 16.8 Å². The van der Waals surface area contributed by atoms with Gasteiger partial charge in [-0.1, -0.05) is 48.2 Å². The van der Waals surface area contributed by atoms with Gasteiger partial charge in [0.25, 0.3) is 0 Å². The standard InChI is InChI=1S/C26H20N6O2S/c1-16-27-20-12-11-18(14-21(20)28-16)29-24(33)15-35-26-31-30-25(32(26)19-8-3-2-4-9-19)23-13-17-7-5-6-10-22(17)34-23/h2-14H,15H2,1H3,(H,27,28)(H,29,33). The molecular weight excluding hydrogens is 460 g/mol. The van der Waals surface area contributed by atoms with Crippen LogP contribution < -0.4 is 5.32 Å². The smallest absolute Gasteiger partial charge is 0.234 e. The molecule has 2 N–H and O–H groups in total. The van der Waals surface area contributed by atoms with Crippen molar-refractivity contribution >= 4 is 45.4 Å². The highest BCUT2D eigenvalue weighted by atomic mass is 32.2. The van der Waals surface area contributed by atoms with Crippen molar-refractivity contribution in [3.8, 4) is 17.3 Å². The van der Waals surface area contributed by atoms with Gasteiger partial charge in [-0.2, -0.15) is 0 Å². The number of aromatic nitrogens is 5. The van der Waals surface area contributed by atoms with Gasteiger partial charge in [0, 0.05) is 16.8 Å². The molecule has 0 aliphatic carbocycles. The van der Waals surface area contributed by atoms with E-state index in [4.69, 9.17) is 4.42 Å². The molecule has 0 spiro atoms. The van der Waals surface area contributed by atoms with Crippen molar-refractivity contribution in [2.45, 2.75) is 12.1 Å². The summed E-state index contributed by atoms with van der Waals surface area (Å²) < 4.78 is 7.96. The third-order valence-electron chi connectivity index (χ3n) is 5.51. The van der Waals surface area contributed by atoms with E-state index in [1.165, 1.54) is 11.8 Å². The highest BCUT2D eigenvalue weighted by molar-refractivity contribution is 7.99. The van der Waals surface area contributed by atoms with Crippen molar-refractivity contribution in [1.82, 2.24) is 24.7 Å². The number of nitrogens with one attached hydrogen (secondary N) is 2. The molecule has 0 saturated carbocycles. The molecule has 0 fully saturated rings. The largest absolute Gasteiger partial charge is 0.453 e. The molecular formula is C26H20N6O2S. The minimum absolute atomic E-state index is 0.140. The topological polar surface area (TPSA) is 102 Å². The summed E-state index contributed by atoms with van der Waals surface area (Å²) >= 11 is 1.31. The van der Waals surface area contributed by atoms with E-state index in [-0.39, 0.29) is 11.7 Å². The van der Waals surface area contributed by atoms with Crippen molar-refractivity contribution in [2.75, 3.05) is 11.1 Å². The summed E-state index contributed by atoms with van der Waals surface area (Å²) in [7, 11) is 0. The number of aryl methyl sites for hydroxylation is 1. The molecule has 35 heavy (non-hydrogen) atoms. The van der Waals surface area contributed by atoms with E-state index in [0.29, 0.717) is 22.4 Å². The van der Waals surface area contributed by atoms with Crippen molar-refractivity contribution in [2.24, 2.45) is 0 Å². The van der Waals surface area contributed by atoms with Gasteiger partial charge in [0.15, 0.2) is 10.9 Å². The van der Waals surface area contributed by atoms with Crippen LogP contribution in [0.15, 0.2) is 88.4 Å². The SMILES string of the molecule is Cc1nc2ccc(NC(=O)CSc3nnc(-c4cc5ccccc5o4)n3-c3ccccc3)cc2[nH]1. The second-order valence-corrected chi connectivity index (χ2v) is 8.96. The normalized spacial score (nSPS) is 11.3. The van der Waals surface area contributed by atoms with Crippen LogP contribution in [0, 0.1) is 6.92 Å². The van der Waals surface area contributed by atoms with Crippen LogP contribution >= 0.6 is 11.8 Å². The zero-order valence-corrected chi connectivity index (χ0v) is 19.5. The lowest BCUT2D eigenvalue weighted by atomic mass is 10.2. The fraction of sp³-hybridized carbons (Fsp3) is 0.0769. The maximum atomic E-state index is 12.7. The van der Waals surface area contributed by atoms with Gasteiger partial charge >= 0.3 is 0 Å². The van der Waals surface area contributed by atoms with Crippen LogP contribution in [0.3, 0.4) is 0 Å². The van der Waals surface area contributed by atoms with Crippen LogP contribution in [-0.4, -0.2) is 36.4 Å². The average Bonchev–Trinajstić information content (AvgIpc) is 3.58. The number of imidazole rings is 1. The summed E-state index contributed by atoms with van der Waals surface area (Å²) in [5.41, 5.74) is 4.12. The van der Waals surface area contributed by atoms with Crippen LogP contribution in [0.2, 0.25) is 0 Å². The molecule has 0 aliphatic heterocycles. The molecule has 3 aromatic heterocycles. The monoisotopic (exact) mass is 480 g/mol. The maximum absolute atomic E-state index is 12.7. The second-order valence-electron chi connectivity index (χ2n) is 8.02. The zero-order chi connectivity index (χ0) is 23.8. The lowest BCUT2D eigenvalue weighted by molar-refractivity contribution is -0.113. The molecule has 8 nitrogen and oxygen atoms in total. The first-order valence-electron chi connectivity index (χ1n) is 11.0. The molecule has 0 aliphatic rings. The Labute approximate surface area is 204 Å². The van der Waals surface area contributed by atoms with E-state index in [9.17, 15) is 4.79 Å². The fourth-order valence-electron chi connectivity index (χ4n) is 3.97. The number of carbonyl (C=O) groups excluding carboxylic acids is 1. The van der Waals surface area contributed by atoms with E-state index in [1.807, 2.05) is 90.4 Å². The Morgan fingerprint density at radius 2 is 1.86 bits per heavy atom. The molecule has 0 radical (unpaired) electrons. The lowest BCUT2D eigenvalue weighted by Crippen LogP contribution is -2.14. The van der Waals surface area contributed by atoms with E-state index in [1.54, 1.807) is 0 Å². The molecule has 6 rings (SSSR count). The zero-order valence-electron chi connectivity index (χ0n) is 18.7. The molecule has 0 saturated heterocycles. The number of fused-ring (bicyclic) bond motifs is 2. The summed E-state index contributed by atoms with van der Waals surface area (Å²) in [5, 5.41) is 13.3. The lowest BCUT2D eigenvalue weighted by Gasteiger charge is -2.09. The van der Waals surface area contributed by atoms with Gasteiger partial charge in [-0.3, -0.25) is 9.36 Å². The van der Waals surface area contributed by atoms with Crippen molar-refractivity contribution in [3.05, 3.63) is 84.7 Å². The third-order valence-corrected chi connectivity index (χ3v) is 6.44. The molecule has 9 heteroatoms. The van der Waals surface area contributed by atoms with Gasteiger partial charge in [-0.25, -0.2) is 4.98 Å². The Balaban J connectivity index is 1.26. The quantitative estimate of drug-likeness (QED) is 0.301. The number of carbonyl (C=O) groups is 1. The van der Waals surface area contributed by atoms with Gasteiger partial charge in [0.1, 0.15) is 11.4 Å². The number of amides is 1. The van der Waals surface area contributed by atoms with Crippen LogP contribution in [-0.2, 0) is 4.79 Å². The van der Waals surface area contributed by atoms with Crippen LogP contribution in [0.4, 0.5) is 5.69 Å². The predicted molar refractivity (Wildman–Crippen MR) is 137 cm³/mol. The van der Waals surface area contributed by atoms with Crippen molar-refractivity contribution in [1.29, 1.82) is 0 Å². The number of nitrogens with zero attached hydrogens (tertiary/aromatic N) is 4. The molecule has 1 amide bonds. The van der Waals surface area contributed by atoms with Crippen LogP contribution in [0.25, 0.3) is 39.3 Å². The first kappa shape index (κ1) is 21.2. The number of aromatic amines is 1. The van der Waals surface area contributed by atoms with E-state index in [2.05, 4.69) is 25.5 Å². The minimum Gasteiger partial charge on any atom is -0.453 e. The Bertz CT molecular complexity index is 1630. The molecule has 3 heterocycles. The molecule has 0 bridgehead atoms.